The van der Waals surface area contributed by atoms with Gasteiger partial charge in [0.05, 0.1) is 0 Å². The summed E-state index contributed by atoms with van der Waals surface area (Å²) in [5.41, 5.74) is 0. The van der Waals surface area contributed by atoms with Crippen molar-refractivity contribution in [2.45, 2.75) is 242 Å². The van der Waals surface area contributed by atoms with Gasteiger partial charge in [-0.15, -0.1) is 0 Å². The van der Waals surface area contributed by atoms with Crippen LogP contribution in [0, 0.1) is 35.5 Å². The monoisotopic (exact) mass is 1150 g/mol. The molecule has 0 heterocycles. The first-order valence-electron chi connectivity index (χ1n) is 31.2. The van der Waals surface area contributed by atoms with Crippen LogP contribution in [0.15, 0.2) is 25.3 Å². The fourth-order valence-corrected chi connectivity index (χ4v) is 13.4. The van der Waals surface area contributed by atoms with Crippen LogP contribution in [0.4, 0.5) is 28.8 Å². The predicted octanol–water partition coefficient (Wildman–Crippen LogP) is 10.5. The Morgan fingerprint density at radius 3 is 0.890 bits per heavy atom. The molecular weight excluding hydrogens is 1060 g/mol. The van der Waals surface area contributed by atoms with Crippen LogP contribution in [0.5, 0.6) is 0 Å². The number of carbonyl (C=O) groups is 8. The summed E-state index contributed by atoms with van der Waals surface area (Å²) in [7, 11) is 0. The van der Waals surface area contributed by atoms with E-state index in [0.717, 1.165) is 179 Å². The Kier molecular flexibility index (Phi) is 28.2. The van der Waals surface area contributed by atoms with Gasteiger partial charge in [0, 0.05) is 48.7 Å². The third-order valence-electron chi connectivity index (χ3n) is 18.1. The van der Waals surface area contributed by atoms with Gasteiger partial charge in [0.1, 0.15) is 45.2 Å². The molecule has 2 unspecified atom stereocenters. The van der Waals surface area contributed by atoms with Gasteiger partial charge in [0.2, 0.25) is 0 Å². The molecule has 6 fully saturated rings. The molecule has 0 bridgehead atoms. The number of hydrogen-bond donors (Lipinski definition) is 6. The summed E-state index contributed by atoms with van der Waals surface area (Å²) < 4.78 is 37.1. The summed E-state index contributed by atoms with van der Waals surface area (Å²) in [5.74, 6) is 2.95. The zero-order valence-electron chi connectivity index (χ0n) is 49.1. The molecule has 0 aliphatic heterocycles. The third kappa shape index (κ3) is 25.4. The molecule has 2 atom stereocenters. The molecule has 0 saturated heterocycles. The number of rotatable bonds is 26. The first-order valence-corrected chi connectivity index (χ1v) is 31.2. The minimum atomic E-state index is -0.594. The molecule has 0 radical (unpaired) electrons. The molecule has 21 heteroatoms. The minimum absolute atomic E-state index is 0.00309. The highest BCUT2D eigenvalue weighted by Crippen LogP contribution is 2.38. The van der Waals surface area contributed by atoms with Gasteiger partial charge in [0.15, 0.2) is 5.78 Å². The molecular formula is C61H98N6O15. The van der Waals surface area contributed by atoms with Crippen LogP contribution in [0.3, 0.4) is 0 Å². The highest BCUT2D eigenvalue weighted by molar-refractivity contribution is 5.89. The SMILES string of the molecule is C=CC(=O)CCOC(=O)NC1CCC(CC2CCC(NC(=O)OC(C)COC(=O)NC3CCC(CC4CCC(NC(=O)OC(C)COC(=O)NC5CCC(CC6CCC(NC(=O)OCCOC(=O)C=C)CC6)CC5)CC4)CC3)CC2)CC1. The quantitative estimate of drug-likeness (QED) is 0.0203. The fraction of sp³-hybridized carbons (Fsp3) is 0.803. The molecule has 6 saturated carbocycles. The van der Waals surface area contributed by atoms with Gasteiger partial charge in [0.25, 0.3) is 0 Å². The van der Waals surface area contributed by atoms with Crippen LogP contribution in [0.1, 0.15) is 194 Å². The zero-order valence-corrected chi connectivity index (χ0v) is 49.1. The molecule has 82 heavy (non-hydrogen) atoms. The van der Waals surface area contributed by atoms with E-state index in [9.17, 15) is 38.4 Å². The average molecular weight is 1160 g/mol. The lowest BCUT2D eigenvalue weighted by molar-refractivity contribution is -0.138. The Hall–Kier alpha value is -5.76. The van der Waals surface area contributed by atoms with Crippen molar-refractivity contribution in [2.75, 3.05) is 33.0 Å². The van der Waals surface area contributed by atoms with E-state index in [4.69, 9.17) is 33.2 Å². The van der Waals surface area contributed by atoms with Crippen molar-refractivity contribution in [3.05, 3.63) is 25.3 Å². The highest BCUT2D eigenvalue weighted by atomic mass is 16.6. The van der Waals surface area contributed by atoms with Crippen molar-refractivity contribution in [3.8, 4) is 0 Å². The van der Waals surface area contributed by atoms with Crippen LogP contribution < -0.4 is 31.9 Å². The fourth-order valence-electron chi connectivity index (χ4n) is 13.4. The number of esters is 1. The maximum atomic E-state index is 12.8. The predicted molar refractivity (Wildman–Crippen MR) is 305 cm³/mol. The van der Waals surface area contributed by atoms with Crippen LogP contribution in [0.25, 0.3) is 0 Å². The molecule has 6 amide bonds. The van der Waals surface area contributed by atoms with E-state index in [1.54, 1.807) is 13.8 Å². The molecule has 6 aliphatic carbocycles. The van der Waals surface area contributed by atoms with Crippen LogP contribution in [-0.2, 0) is 42.7 Å². The Morgan fingerprint density at radius 2 is 0.610 bits per heavy atom. The lowest BCUT2D eigenvalue weighted by Gasteiger charge is -2.34. The number of ketones is 1. The van der Waals surface area contributed by atoms with Crippen LogP contribution >= 0.6 is 0 Å². The Morgan fingerprint density at radius 1 is 0.354 bits per heavy atom. The second-order valence-electron chi connectivity index (χ2n) is 24.6. The Balaban J connectivity index is 0.710. The van der Waals surface area contributed by atoms with E-state index in [-0.39, 0.29) is 81.5 Å². The standard InChI is InChI=1S/C61H98N6O15/c1-5-54(68)31-32-77-56(70)62-48-19-7-42(8-20-48)36-46-15-27-52(28-16-46)66-60(74)81-41(4)39-80-59(73)65-51-25-13-45(14-26-51)37-47-17-29-53(30-18-47)67-61(75)82-40(3)38-79-58(72)64-50-23-11-44(12-24-50)35-43-9-21-49(22-10-43)63-57(71)78-34-33-76-55(69)6-2/h5-6,40-53H,1-2,7-39H2,3-4H3,(H,62,70)(H,63,71)(H,64,72)(H,65,73)(H,66,74)(H,67,75). The number of carbonyl (C=O) groups excluding carboxylic acids is 8. The summed E-state index contributed by atoms with van der Waals surface area (Å²) in [6.45, 7) is 10.2. The number of nitrogens with one attached hydrogen (secondary N) is 6. The van der Waals surface area contributed by atoms with Gasteiger partial charge in [-0.25, -0.2) is 33.6 Å². The van der Waals surface area contributed by atoms with E-state index in [1.165, 1.54) is 6.08 Å². The number of hydrogen-bond acceptors (Lipinski definition) is 15. The van der Waals surface area contributed by atoms with E-state index in [2.05, 4.69) is 45.1 Å². The molecule has 0 spiro atoms. The third-order valence-corrected chi connectivity index (χ3v) is 18.1. The summed E-state index contributed by atoms with van der Waals surface area (Å²) in [6, 6.07) is 0.376. The largest absolute Gasteiger partial charge is 0.459 e. The maximum Gasteiger partial charge on any atom is 0.407 e. The Bertz CT molecular complexity index is 2030. The van der Waals surface area contributed by atoms with Crippen molar-refractivity contribution in [1.29, 1.82) is 0 Å². The van der Waals surface area contributed by atoms with E-state index >= 15 is 0 Å². The van der Waals surface area contributed by atoms with Gasteiger partial charge in [-0.05, 0) is 229 Å². The normalized spacial score (nSPS) is 29.0. The van der Waals surface area contributed by atoms with E-state index in [1.807, 2.05) is 0 Å². The van der Waals surface area contributed by atoms with Gasteiger partial charge in [-0.2, -0.15) is 0 Å². The lowest BCUT2D eigenvalue weighted by atomic mass is 9.76. The highest BCUT2D eigenvalue weighted by Gasteiger charge is 2.33. The number of allylic oxidation sites excluding steroid dienone is 1. The van der Waals surface area contributed by atoms with Crippen molar-refractivity contribution >= 4 is 48.3 Å². The second kappa shape index (κ2) is 35.4. The smallest absolute Gasteiger partial charge is 0.407 e. The first-order chi connectivity index (χ1) is 39.5. The van der Waals surface area contributed by atoms with Crippen LogP contribution in [-0.4, -0.2) is 130 Å². The number of amides is 6. The zero-order chi connectivity index (χ0) is 58.6. The van der Waals surface area contributed by atoms with E-state index in [0.29, 0.717) is 35.5 Å². The van der Waals surface area contributed by atoms with Gasteiger partial charge in [-0.1, -0.05) is 13.2 Å². The van der Waals surface area contributed by atoms with Crippen molar-refractivity contribution in [1.82, 2.24) is 31.9 Å². The molecule has 462 valence electrons. The van der Waals surface area contributed by atoms with Gasteiger partial charge < -0.3 is 65.1 Å². The van der Waals surface area contributed by atoms with Crippen molar-refractivity contribution < 1.29 is 71.5 Å². The first kappa shape index (κ1) is 65.4. The van der Waals surface area contributed by atoms with Crippen LogP contribution in [0.2, 0.25) is 0 Å². The summed E-state index contributed by atoms with van der Waals surface area (Å²) in [6.07, 6.45) is 25.0. The molecule has 6 N–H and O–H groups in total. The second-order valence-corrected chi connectivity index (χ2v) is 24.6. The van der Waals surface area contributed by atoms with Gasteiger partial charge in [-0.3, -0.25) is 4.79 Å². The molecule has 0 aromatic carbocycles. The van der Waals surface area contributed by atoms with Crippen molar-refractivity contribution in [2.24, 2.45) is 35.5 Å². The lowest BCUT2D eigenvalue weighted by Crippen LogP contribution is -2.42. The topological polar surface area (TPSA) is 273 Å². The molecule has 6 rings (SSSR count). The molecule has 21 nitrogen and oxygen atoms in total. The summed E-state index contributed by atoms with van der Waals surface area (Å²) in [4.78, 5) is 97.5. The minimum Gasteiger partial charge on any atom is -0.459 e. The number of ether oxygens (including phenoxy) is 7. The molecule has 0 aromatic heterocycles. The average Bonchev–Trinajstić information content (AvgIpc) is 3.46. The summed E-state index contributed by atoms with van der Waals surface area (Å²) >= 11 is 0. The molecule has 6 aliphatic rings. The molecule has 0 aromatic rings. The summed E-state index contributed by atoms with van der Waals surface area (Å²) in [5, 5.41) is 17.9. The maximum absolute atomic E-state index is 12.8. The van der Waals surface area contributed by atoms with E-state index < -0.39 is 54.7 Å². The Labute approximate surface area is 486 Å². The van der Waals surface area contributed by atoms with Crippen molar-refractivity contribution in [3.63, 3.8) is 0 Å². The number of alkyl carbamates (subject to hydrolysis) is 6. The van der Waals surface area contributed by atoms with Gasteiger partial charge >= 0.3 is 42.5 Å².